The second-order valence-electron chi connectivity index (χ2n) is 5.23. The molecule has 1 saturated heterocycles. The van der Waals surface area contributed by atoms with E-state index in [9.17, 15) is 0 Å². The van der Waals surface area contributed by atoms with Crippen LogP contribution in [-0.4, -0.2) is 48.2 Å². The minimum absolute atomic E-state index is 0.332. The van der Waals surface area contributed by atoms with Crippen molar-refractivity contribution in [3.63, 3.8) is 0 Å². The summed E-state index contributed by atoms with van der Waals surface area (Å²) in [7, 11) is 0. The predicted octanol–water partition coefficient (Wildman–Crippen LogP) is 1.97. The lowest BCUT2D eigenvalue weighted by Crippen LogP contribution is -2.46. The van der Waals surface area contributed by atoms with E-state index in [0.717, 1.165) is 37.9 Å². The van der Waals surface area contributed by atoms with Crippen LogP contribution in [0.3, 0.4) is 0 Å². The molecule has 1 aliphatic rings. The van der Waals surface area contributed by atoms with Crippen molar-refractivity contribution in [2.75, 3.05) is 26.3 Å². The van der Waals surface area contributed by atoms with E-state index in [1.54, 1.807) is 0 Å². The Kier molecular flexibility index (Phi) is 5.54. The van der Waals surface area contributed by atoms with Gasteiger partial charge < -0.3 is 19.9 Å². The first-order chi connectivity index (χ1) is 8.43. The van der Waals surface area contributed by atoms with E-state index in [0.29, 0.717) is 12.1 Å². The van der Waals surface area contributed by atoms with Gasteiger partial charge in [0.2, 0.25) is 0 Å². The van der Waals surface area contributed by atoms with Crippen molar-refractivity contribution in [1.29, 1.82) is 0 Å². The normalized spacial score (nSPS) is 16.0. The second kappa shape index (κ2) is 6.69. The summed E-state index contributed by atoms with van der Waals surface area (Å²) in [5, 5.41) is 3.36. The van der Waals surface area contributed by atoms with Gasteiger partial charge in [-0.15, -0.1) is 0 Å². The van der Waals surface area contributed by atoms with Crippen LogP contribution in [-0.2, 0) is 4.74 Å². The zero-order valence-corrected chi connectivity index (χ0v) is 12.2. The predicted molar refractivity (Wildman–Crippen MR) is 75.9 cm³/mol. The fraction of sp³-hybridized carbons (Fsp3) is 0.714. The maximum Gasteiger partial charge on any atom is 0.102 e. The molecule has 1 aliphatic heterocycles. The highest BCUT2D eigenvalue weighted by molar-refractivity contribution is 5.08. The summed E-state index contributed by atoms with van der Waals surface area (Å²) in [6, 6.07) is 0.704. The fourth-order valence-corrected chi connectivity index (χ4v) is 2.14. The van der Waals surface area contributed by atoms with E-state index in [1.807, 2.05) is 0 Å². The van der Waals surface area contributed by atoms with Crippen molar-refractivity contribution in [3.8, 4) is 0 Å². The van der Waals surface area contributed by atoms with Crippen molar-refractivity contribution in [1.82, 2.24) is 15.1 Å². The summed E-state index contributed by atoms with van der Waals surface area (Å²) < 4.78 is 5.38. The van der Waals surface area contributed by atoms with Crippen LogP contribution in [0.2, 0.25) is 0 Å². The Bertz CT molecular complexity index is 293. The molecule has 104 valence electrons. The van der Waals surface area contributed by atoms with Crippen molar-refractivity contribution in [2.45, 2.75) is 39.8 Å². The van der Waals surface area contributed by atoms with Crippen LogP contribution in [0, 0.1) is 0 Å². The van der Waals surface area contributed by atoms with E-state index in [-0.39, 0.29) is 0 Å². The van der Waals surface area contributed by atoms with Crippen LogP contribution in [0.1, 0.15) is 27.7 Å². The van der Waals surface area contributed by atoms with Crippen LogP contribution < -0.4 is 5.32 Å². The van der Waals surface area contributed by atoms with Crippen LogP contribution in [0.25, 0.3) is 0 Å². The van der Waals surface area contributed by atoms with E-state index in [4.69, 9.17) is 4.74 Å². The quantitative estimate of drug-likeness (QED) is 0.783. The molecule has 1 rings (SSSR count). The lowest BCUT2D eigenvalue weighted by molar-refractivity contribution is 0.0377. The Morgan fingerprint density at radius 1 is 1.17 bits per heavy atom. The number of rotatable bonds is 6. The van der Waals surface area contributed by atoms with Crippen LogP contribution in [0.15, 0.2) is 24.8 Å². The van der Waals surface area contributed by atoms with Gasteiger partial charge in [0.05, 0.1) is 19.0 Å². The Balaban J connectivity index is 2.71. The fourth-order valence-electron chi connectivity index (χ4n) is 2.14. The highest BCUT2D eigenvalue weighted by atomic mass is 16.5. The number of nitrogens with one attached hydrogen (secondary N) is 1. The van der Waals surface area contributed by atoms with Gasteiger partial charge in [-0.25, -0.2) is 0 Å². The van der Waals surface area contributed by atoms with Crippen molar-refractivity contribution < 1.29 is 4.74 Å². The van der Waals surface area contributed by atoms with E-state index >= 15 is 0 Å². The van der Waals surface area contributed by atoms with Gasteiger partial charge in [-0.1, -0.05) is 13.2 Å². The van der Waals surface area contributed by atoms with Crippen LogP contribution in [0.5, 0.6) is 0 Å². The van der Waals surface area contributed by atoms with E-state index in [1.165, 1.54) is 0 Å². The van der Waals surface area contributed by atoms with Gasteiger partial charge in [-0.2, -0.15) is 0 Å². The third-order valence-corrected chi connectivity index (χ3v) is 2.92. The minimum Gasteiger partial charge on any atom is -0.378 e. The summed E-state index contributed by atoms with van der Waals surface area (Å²) in [4.78, 5) is 4.42. The molecule has 4 heteroatoms. The molecule has 0 spiro atoms. The molecule has 0 atom stereocenters. The molecular weight excluding hydrogens is 226 g/mol. The summed E-state index contributed by atoms with van der Waals surface area (Å²) in [5.41, 5.74) is 0. The van der Waals surface area contributed by atoms with Gasteiger partial charge >= 0.3 is 0 Å². The topological polar surface area (TPSA) is 27.7 Å². The molecule has 0 aromatic carbocycles. The molecular formula is C14H27N3O. The number of nitrogens with zero attached hydrogens (tertiary/aromatic N) is 2. The maximum atomic E-state index is 5.38. The summed E-state index contributed by atoms with van der Waals surface area (Å²) in [5.74, 6) is 1.92. The molecule has 0 aliphatic carbocycles. The molecule has 0 radical (unpaired) electrons. The van der Waals surface area contributed by atoms with Gasteiger partial charge in [-0.05, 0) is 27.7 Å². The first kappa shape index (κ1) is 14.9. The first-order valence-electron chi connectivity index (χ1n) is 6.69. The molecule has 0 aromatic rings. The van der Waals surface area contributed by atoms with Gasteiger partial charge in [0.15, 0.2) is 0 Å². The van der Waals surface area contributed by atoms with Crippen LogP contribution in [0.4, 0.5) is 0 Å². The summed E-state index contributed by atoms with van der Waals surface area (Å²) in [6.45, 7) is 20.2. The minimum atomic E-state index is 0.332. The van der Waals surface area contributed by atoms with Gasteiger partial charge in [-0.3, -0.25) is 0 Å². The van der Waals surface area contributed by atoms with Crippen molar-refractivity contribution in [2.24, 2.45) is 0 Å². The molecule has 0 saturated carbocycles. The third kappa shape index (κ3) is 3.95. The molecule has 0 aromatic heterocycles. The van der Waals surface area contributed by atoms with E-state index in [2.05, 4.69) is 56.0 Å². The first-order valence-corrected chi connectivity index (χ1v) is 6.69. The Morgan fingerprint density at radius 2 is 1.72 bits per heavy atom. The average Bonchev–Trinajstić information content (AvgIpc) is 2.28. The van der Waals surface area contributed by atoms with Crippen LogP contribution >= 0.6 is 0 Å². The molecule has 0 unspecified atom stereocenters. The number of hydrogen-bond acceptors (Lipinski definition) is 4. The summed E-state index contributed by atoms with van der Waals surface area (Å²) >= 11 is 0. The third-order valence-electron chi connectivity index (χ3n) is 2.92. The molecule has 1 fully saturated rings. The zero-order chi connectivity index (χ0) is 13.7. The number of ether oxygens (including phenoxy) is 1. The highest BCUT2D eigenvalue weighted by Gasteiger charge is 2.21. The highest BCUT2D eigenvalue weighted by Crippen LogP contribution is 2.18. The Hall–Kier alpha value is -1.16. The lowest BCUT2D eigenvalue weighted by Gasteiger charge is -2.40. The molecule has 4 nitrogen and oxygen atoms in total. The van der Waals surface area contributed by atoms with Crippen molar-refractivity contribution in [3.05, 3.63) is 24.8 Å². The molecule has 18 heavy (non-hydrogen) atoms. The van der Waals surface area contributed by atoms with Crippen molar-refractivity contribution >= 4 is 0 Å². The van der Waals surface area contributed by atoms with Gasteiger partial charge in [0.1, 0.15) is 5.82 Å². The molecule has 0 amide bonds. The molecule has 1 heterocycles. The zero-order valence-electron chi connectivity index (χ0n) is 12.2. The van der Waals surface area contributed by atoms with Gasteiger partial charge in [0.25, 0.3) is 0 Å². The molecule has 1 N–H and O–H groups in total. The summed E-state index contributed by atoms with van der Waals surface area (Å²) in [6.07, 6.45) is 0. The Labute approximate surface area is 111 Å². The van der Waals surface area contributed by atoms with E-state index < -0.39 is 0 Å². The molecule has 0 bridgehead atoms. The number of morpholine rings is 1. The standard InChI is InChI=1S/C14H27N3O/c1-11(2)15-13(5)17(12(3)4)14(6)16-7-9-18-10-8-16/h11-12,15H,5-10H2,1-4H3. The maximum absolute atomic E-state index is 5.38. The second-order valence-corrected chi connectivity index (χ2v) is 5.23. The largest absolute Gasteiger partial charge is 0.378 e. The average molecular weight is 253 g/mol. The Morgan fingerprint density at radius 3 is 2.17 bits per heavy atom. The SMILES string of the molecule is C=C(NC(C)C)N(C(=C)N1CCOCC1)C(C)C. The lowest BCUT2D eigenvalue weighted by atomic mass is 10.3. The van der Waals surface area contributed by atoms with Gasteiger partial charge in [0, 0.05) is 25.2 Å². The number of hydrogen-bond donors (Lipinski definition) is 1. The monoisotopic (exact) mass is 253 g/mol. The smallest absolute Gasteiger partial charge is 0.102 e.